The van der Waals surface area contributed by atoms with Crippen LogP contribution < -0.4 is 4.90 Å². The van der Waals surface area contributed by atoms with Gasteiger partial charge >= 0.3 is 0 Å². The van der Waals surface area contributed by atoms with Gasteiger partial charge in [-0.05, 0) is 17.7 Å². The molecule has 1 aromatic carbocycles. The maximum atomic E-state index is 11.0. The Balaban J connectivity index is 2.85. The zero-order valence-corrected chi connectivity index (χ0v) is 7.82. The van der Waals surface area contributed by atoms with Crippen LogP contribution in [0.1, 0.15) is 12.5 Å². The number of hydrogen-bond acceptors (Lipinski definition) is 2. The average Bonchev–Trinajstić information content (AvgIpc) is 2.17. The summed E-state index contributed by atoms with van der Waals surface area (Å²) in [6.07, 6.45) is 0. The second-order valence-electron chi connectivity index (χ2n) is 2.90. The normalized spacial score (nSPS) is 9.77. The lowest BCUT2D eigenvalue weighted by Gasteiger charge is -2.14. The van der Waals surface area contributed by atoms with Gasteiger partial charge in [0, 0.05) is 19.7 Å². The summed E-state index contributed by atoms with van der Waals surface area (Å²) >= 11 is 0. The highest BCUT2D eigenvalue weighted by Gasteiger charge is 2.03. The highest BCUT2D eigenvalue weighted by Crippen LogP contribution is 2.13. The van der Waals surface area contributed by atoms with E-state index in [0.717, 1.165) is 11.3 Å². The minimum absolute atomic E-state index is 0.00301. The quantitative estimate of drug-likeness (QED) is 0.740. The molecule has 0 saturated heterocycles. The van der Waals surface area contributed by atoms with Crippen molar-refractivity contribution in [1.82, 2.24) is 0 Å². The van der Waals surface area contributed by atoms with E-state index in [1.807, 2.05) is 12.1 Å². The Bertz CT molecular complexity index is 292. The summed E-state index contributed by atoms with van der Waals surface area (Å²) in [4.78, 5) is 12.5. The van der Waals surface area contributed by atoms with Gasteiger partial charge in [0.25, 0.3) is 0 Å². The van der Waals surface area contributed by atoms with Crippen LogP contribution in [0, 0.1) is 0 Å². The molecule has 1 aromatic rings. The molecule has 0 atom stereocenters. The van der Waals surface area contributed by atoms with Gasteiger partial charge < -0.3 is 10.0 Å². The van der Waals surface area contributed by atoms with E-state index in [-0.39, 0.29) is 12.5 Å². The topological polar surface area (TPSA) is 40.5 Å². The van der Waals surface area contributed by atoms with Crippen molar-refractivity contribution in [3.63, 3.8) is 0 Å². The molecule has 3 nitrogen and oxygen atoms in total. The van der Waals surface area contributed by atoms with Crippen molar-refractivity contribution < 1.29 is 9.90 Å². The first-order valence-electron chi connectivity index (χ1n) is 4.09. The maximum absolute atomic E-state index is 11.0. The molecule has 0 aliphatic heterocycles. The number of carbonyl (C=O) groups excluding carboxylic acids is 1. The standard InChI is InChI=1S/C10H13NO2/c1-8(13)11(2)10-5-3-9(7-12)4-6-10/h3-6,12H,7H2,1-2H3. The smallest absolute Gasteiger partial charge is 0.223 e. The number of carbonyl (C=O) groups is 1. The molecule has 0 heterocycles. The van der Waals surface area contributed by atoms with E-state index in [0.29, 0.717) is 0 Å². The summed E-state index contributed by atoms with van der Waals surface area (Å²) in [6.45, 7) is 1.55. The number of amides is 1. The minimum Gasteiger partial charge on any atom is -0.392 e. The molecule has 0 bridgehead atoms. The molecule has 0 radical (unpaired) electrons. The highest BCUT2D eigenvalue weighted by molar-refractivity contribution is 5.90. The first-order valence-corrected chi connectivity index (χ1v) is 4.09. The summed E-state index contributed by atoms with van der Waals surface area (Å²) < 4.78 is 0. The Labute approximate surface area is 77.6 Å². The molecule has 1 rings (SSSR count). The zero-order chi connectivity index (χ0) is 9.84. The molecule has 3 heteroatoms. The van der Waals surface area contributed by atoms with Crippen molar-refractivity contribution in [3.8, 4) is 0 Å². The third kappa shape index (κ3) is 2.29. The fraction of sp³-hybridized carbons (Fsp3) is 0.300. The van der Waals surface area contributed by atoms with Crippen LogP contribution in [0.4, 0.5) is 5.69 Å². The molecule has 1 amide bonds. The molecular weight excluding hydrogens is 166 g/mol. The summed E-state index contributed by atoms with van der Waals surface area (Å²) in [6, 6.07) is 7.23. The van der Waals surface area contributed by atoms with Crippen LogP contribution in [-0.4, -0.2) is 18.1 Å². The summed E-state index contributed by atoms with van der Waals surface area (Å²) in [7, 11) is 1.72. The van der Waals surface area contributed by atoms with Crippen molar-refractivity contribution in [2.24, 2.45) is 0 Å². The van der Waals surface area contributed by atoms with Crippen LogP contribution in [0.25, 0.3) is 0 Å². The first-order chi connectivity index (χ1) is 6.15. The number of anilines is 1. The molecule has 0 spiro atoms. The van der Waals surface area contributed by atoms with Gasteiger partial charge in [-0.1, -0.05) is 12.1 Å². The van der Waals surface area contributed by atoms with Crippen molar-refractivity contribution in [3.05, 3.63) is 29.8 Å². The predicted octanol–water partition coefficient (Wildman–Crippen LogP) is 1.16. The van der Waals surface area contributed by atoms with Gasteiger partial charge in [-0.15, -0.1) is 0 Å². The third-order valence-corrected chi connectivity index (χ3v) is 1.98. The van der Waals surface area contributed by atoms with Gasteiger partial charge in [0.2, 0.25) is 5.91 Å². The largest absolute Gasteiger partial charge is 0.392 e. The average molecular weight is 179 g/mol. The molecule has 0 saturated carbocycles. The van der Waals surface area contributed by atoms with E-state index >= 15 is 0 Å². The van der Waals surface area contributed by atoms with Crippen LogP contribution in [0.2, 0.25) is 0 Å². The molecule has 13 heavy (non-hydrogen) atoms. The number of nitrogens with zero attached hydrogens (tertiary/aromatic N) is 1. The first kappa shape index (κ1) is 9.74. The Morgan fingerprint density at radius 3 is 2.31 bits per heavy atom. The van der Waals surface area contributed by atoms with Crippen LogP contribution in [-0.2, 0) is 11.4 Å². The Morgan fingerprint density at radius 1 is 1.38 bits per heavy atom. The number of hydrogen-bond donors (Lipinski definition) is 1. The van der Waals surface area contributed by atoms with Crippen LogP contribution in [0.5, 0.6) is 0 Å². The fourth-order valence-corrected chi connectivity index (χ4v) is 1.01. The molecule has 1 N–H and O–H groups in total. The molecular formula is C10H13NO2. The third-order valence-electron chi connectivity index (χ3n) is 1.98. The van der Waals surface area contributed by atoms with Gasteiger partial charge in [-0.3, -0.25) is 4.79 Å². The van der Waals surface area contributed by atoms with Crippen molar-refractivity contribution in [1.29, 1.82) is 0 Å². The summed E-state index contributed by atoms with van der Waals surface area (Å²) in [5.41, 5.74) is 1.69. The van der Waals surface area contributed by atoms with E-state index in [1.165, 1.54) is 6.92 Å². The van der Waals surface area contributed by atoms with E-state index in [2.05, 4.69) is 0 Å². The lowest BCUT2D eigenvalue weighted by Crippen LogP contribution is -2.22. The predicted molar refractivity (Wildman–Crippen MR) is 51.4 cm³/mol. The van der Waals surface area contributed by atoms with Gasteiger partial charge in [0.15, 0.2) is 0 Å². The van der Waals surface area contributed by atoms with Gasteiger partial charge in [0.05, 0.1) is 6.61 Å². The van der Waals surface area contributed by atoms with E-state index in [4.69, 9.17) is 5.11 Å². The van der Waals surface area contributed by atoms with Crippen molar-refractivity contribution in [2.45, 2.75) is 13.5 Å². The second kappa shape index (κ2) is 4.05. The molecule has 0 aliphatic rings. The Morgan fingerprint density at radius 2 is 1.92 bits per heavy atom. The van der Waals surface area contributed by atoms with Crippen LogP contribution in [0.15, 0.2) is 24.3 Å². The van der Waals surface area contributed by atoms with E-state index < -0.39 is 0 Å². The molecule has 0 aliphatic carbocycles. The molecule has 70 valence electrons. The zero-order valence-electron chi connectivity index (χ0n) is 7.82. The summed E-state index contributed by atoms with van der Waals surface area (Å²) in [5, 5.41) is 8.80. The van der Waals surface area contributed by atoms with E-state index in [1.54, 1.807) is 24.1 Å². The number of aliphatic hydroxyl groups excluding tert-OH is 1. The number of aliphatic hydroxyl groups is 1. The van der Waals surface area contributed by atoms with Gasteiger partial charge in [-0.2, -0.15) is 0 Å². The lowest BCUT2D eigenvalue weighted by molar-refractivity contribution is -0.116. The van der Waals surface area contributed by atoms with E-state index in [9.17, 15) is 4.79 Å². The van der Waals surface area contributed by atoms with Crippen LogP contribution >= 0.6 is 0 Å². The second-order valence-corrected chi connectivity index (χ2v) is 2.90. The lowest BCUT2D eigenvalue weighted by atomic mass is 10.2. The highest BCUT2D eigenvalue weighted by atomic mass is 16.3. The minimum atomic E-state index is -0.00301. The van der Waals surface area contributed by atoms with Crippen molar-refractivity contribution in [2.75, 3.05) is 11.9 Å². The number of rotatable bonds is 2. The monoisotopic (exact) mass is 179 g/mol. The SMILES string of the molecule is CC(=O)N(C)c1ccc(CO)cc1. The number of benzene rings is 1. The van der Waals surface area contributed by atoms with Gasteiger partial charge in [-0.25, -0.2) is 0 Å². The maximum Gasteiger partial charge on any atom is 0.223 e. The van der Waals surface area contributed by atoms with Crippen LogP contribution in [0.3, 0.4) is 0 Å². The molecule has 0 unspecified atom stereocenters. The Kier molecular flexibility index (Phi) is 3.03. The fourth-order valence-electron chi connectivity index (χ4n) is 1.01. The molecule has 0 aromatic heterocycles. The van der Waals surface area contributed by atoms with Crippen molar-refractivity contribution >= 4 is 11.6 Å². The Hall–Kier alpha value is -1.35. The molecule has 0 fully saturated rings. The summed E-state index contributed by atoms with van der Waals surface area (Å²) in [5.74, 6) is -0.00301. The van der Waals surface area contributed by atoms with Gasteiger partial charge in [0.1, 0.15) is 0 Å².